The summed E-state index contributed by atoms with van der Waals surface area (Å²) in [4.78, 5) is 0.109. The monoisotopic (exact) mass is 200 g/mol. The van der Waals surface area contributed by atoms with Gasteiger partial charge in [0.1, 0.15) is 6.23 Å². The maximum Gasteiger partial charge on any atom is 0.242 e. The molecular formula is C8H10NO3S. The number of aliphatic hydroxyl groups is 1. The Kier molecular flexibility index (Phi) is 3.02. The van der Waals surface area contributed by atoms with Crippen LogP contribution in [0, 0.1) is 6.92 Å². The second kappa shape index (κ2) is 3.87. The molecule has 1 rings (SSSR count). The molecular weight excluding hydrogens is 190 g/mol. The topological polar surface area (TPSA) is 66.4 Å². The summed E-state index contributed by atoms with van der Waals surface area (Å²) >= 11 is 0. The Morgan fingerprint density at radius 3 is 2.31 bits per heavy atom. The van der Waals surface area contributed by atoms with E-state index in [0.717, 1.165) is 0 Å². The predicted molar refractivity (Wildman–Crippen MR) is 48.1 cm³/mol. The van der Waals surface area contributed by atoms with Gasteiger partial charge in [0.25, 0.3) is 0 Å². The summed E-state index contributed by atoms with van der Waals surface area (Å²) in [7, 11) is -3.62. The van der Waals surface area contributed by atoms with Gasteiger partial charge in [0.05, 0.1) is 4.90 Å². The van der Waals surface area contributed by atoms with Crippen molar-refractivity contribution in [2.24, 2.45) is 0 Å². The molecule has 13 heavy (non-hydrogen) atoms. The van der Waals surface area contributed by atoms with Gasteiger partial charge in [-0.1, -0.05) is 18.2 Å². The highest BCUT2D eigenvalue weighted by Crippen LogP contribution is 2.06. The molecule has 0 aliphatic rings. The number of benzene rings is 1. The maximum atomic E-state index is 11.3. The molecule has 2 N–H and O–H groups in total. The van der Waals surface area contributed by atoms with Crippen LogP contribution < -0.4 is 4.72 Å². The third-order valence-corrected chi connectivity index (χ3v) is 2.82. The molecule has 0 saturated heterocycles. The molecule has 71 valence electrons. The molecule has 0 fully saturated rings. The van der Waals surface area contributed by atoms with E-state index < -0.39 is 16.3 Å². The van der Waals surface area contributed by atoms with Crippen molar-refractivity contribution in [2.45, 2.75) is 11.1 Å². The van der Waals surface area contributed by atoms with Gasteiger partial charge in [0.15, 0.2) is 0 Å². The fraction of sp³-hybridized carbons (Fsp3) is 0.125. The Labute approximate surface area is 77.3 Å². The number of hydrogen-bond acceptors (Lipinski definition) is 3. The van der Waals surface area contributed by atoms with Crippen LogP contribution in [0.3, 0.4) is 0 Å². The minimum absolute atomic E-state index is 0.109. The van der Waals surface area contributed by atoms with E-state index in [1.807, 2.05) is 4.72 Å². The van der Waals surface area contributed by atoms with Crippen LogP contribution >= 0.6 is 0 Å². The van der Waals surface area contributed by atoms with Crippen molar-refractivity contribution in [1.82, 2.24) is 4.72 Å². The normalized spacial score (nSPS) is 14.0. The molecule has 0 aromatic heterocycles. The van der Waals surface area contributed by atoms with Crippen molar-refractivity contribution in [1.29, 1.82) is 0 Å². The third-order valence-electron chi connectivity index (χ3n) is 1.34. The Morgan fingerprint density at radius 2 is 1.85 bits per heavy atom. The lowest BCUT2D eigenvalue weighted by molar-refractivity contribution is 0.209. The molecule has 0 heterocycles. The molecule has 0 spiro atoms. The van der Waals surface area contributed by atoms with E-state index in [0.29, 0.717) is 0 Å². The van der Waals surface area contributed by atoms with Crippen LogP contribution in [0.2, 0.25) is 0 Å². The molecule has 4 nitrogen and oxygen atoms in total. The molecule has 0 amide bonds. The van der Waals surface area contributed by atoms with Crippen LogP contribution in [0.4, 0.5) is 0 Å². The first kappa shape index (κ1) is 10.2. The van der Waals surface area contributed by atoms with Gasteiger partial charge in [-0.25, -0.2) is 8.42 Å². The molecule has 0 saturated carbocycles. The van der Waals surface area contributed by atoms with Crippen molar-refractivity contribution in [3.8, 4) is 0 Å². The molecule has 0 aliphatic carbocycles. The summed E-state index contributed by atoms with van der Waals surface area (Å²) in [5, 5.41) is 8.75. The first-order chi connectivity index (χ1) is 6.02. The van der Waals surface area contributed by atoms with E-state index >= 15 is 0 Å². The summed E-state index contributed by atoms with van der Waals surface area (Å²) in [5.74, 6) is 0. The van der Waals surface area contributed by atoms with Crippen molar-refractivity contribution >= 4 is 10.0 Å². The SMILES string of the molecule is [CH2]C(O)NS(=O)(=O)c1ccccc1. The van der Waals surface area contributed by atoms with Gasteiger partial charge in [-0.2, -0.15) is 4.72 Å². The third kappa shape index (κ3) is 2.80. The Bertz CT molecular complexity index is 358. The van der Waals surface area contributed by atoms with E-state index in [-0.39, 0.29) is 4.90 Å². The molecule has 1 radical (unpaired) electrons. The van der Waals surface area contributed by atoms with Crippen LogP contribution in [0.25, 0.3) is 0 Å². The second-order valence-electron chi connectivity index (χ2n) is 2.45. The summed E-state index contributed by atoms with van der Waals surface area (Å²) in [6.07, 6.45) is -1.33. The van der Waals surface area contributed by atoms with Crippen LogP contribution in [-0.4, -0.2) is 19.8 Å². The van der Waals surface area contributed by atoms with Gasteiger partial charge in [-0.3, -0.25) is 0 Å². The molecule has 0 bridgehead atoms. The highest BCUT2D eigenvalue weighted by atomic mass is 32.2. The lowest BCUT2D eigenvalue weighted by Crippen LogP contribution is -2.32. The van der Waals surface area contributed by atoms with Crippen molar-refractivity contribution in [3.05, 3.63) is 37.3 Å². The summed E-state index contributed by atoms with van der Waals surface area (Å²) < 4.78 is 24.6. The van der Waals surface area contributed by atoms with Crippen LogP contribution in [0.5, 0.6) is 0 Å². The van der Waals surface area contributed by atoms with Crippen LogP contribution in [0.1, 0.15) is 0 Å². The van der Waals surface area contributed by atoms with Gasteiger partial charge < -0.3 is 5.11 Å². The quantitative estimate of drug-likeness (QED) is 0.681. The van der Waals surface area contributed by atoms with Crippen molar-refractivity contribution in [3.63, 3.8) is 0 Å². The zero-order valence-corrected chi connectivity index (χ0v) is 7.66. The lowest BCUT2D eigenvalue weighted by Gasteiger charge is -2.07. The standard InChI is InChI=1S/C8H10NO3S/c1-7(10)9-13(11,12)8-5-3-2-4-6-8/h2-7,9-10H,1H2. The largest absolute Gasteiger partial charge is 0.378 e. The Hall–Kier alpha value is -0.910. The molecule has 1 aromatic rings. The minimum Gasteiger partial charge on any atom is -0.378 e. The fourth-order valence-electron chi connectivity index (χ4n) is 0.847. The Balaban J connectivity index is 2.96. The number of sulfonamides is 1. The first-order valence-electron chi connectivity index (χ1n) is 3.61. The lowest BCUT2D eigenvalue weighted by atomic mass is 10.4. The molecule has 0 aliphatic heterocycles. The van der Waals surface area contributed by atoms with E-state index in [1.54, 1.807) is 18.2 Å². The molecule has 5 heteroatoms. The number of nitrogens with one attached hydrogen (secondary N) is 1. The molecule has 1 atom stereocenters. The van der Waals surface area contributed by atoms with Crippen LogP contribution in [0.15, 0.2) is 35.2 Å². The van der Waals surface area contributed by atoms with Gasteiger partial charge in [-0.15, -0.1) is 0 Å². The average molecular weight is 200 g/mol. The highest BCUT2D eigenvalue weighted by Gasteiger charge is 2.14. The van der Waals surface area contributed by atoms with Gasteiger partial charge in [0.2, 0.25) is 10.0 Å². The van der Waals surface area contributed by atoms with E-state index in [4.69, 9.17) is 5.11 Å². The van der Waals surface area contributed by atoms with Crippen molar-refractivity contribution in [2.75, 3.05) is 0 Å². The zero-order valence-electron chi connectivity index (χ0n) is 6.84. The summed E-state index contributed by atoms with van der Waals surface area (Å²) in [5.41, 5.74) is 0. The van der Waals surface area contributed by atoms with Gasteiger partial charge in [-0.05, 0) is 19.1 Å². The predicted octanol–water partition coefficient (Wildman–Crippen LogP) is 0.117. The fourth-order valence-corrected chi connectivity index (χ4v) is 1.86. The van der Waals surface area contributed by atoms with Crippen molar-refractivity contribution < 1.29 is 13.5 Å². The second-order valence-corrected chi connectivity index (χ2v) is 4.16. The number of aliphatic hydroxyl groups excluding tert-OH is 1. The minimum atomic E-state index is -3.62. The number of rotatable bonds is 3. The first-order valence-corrected chi connectivity index (χ1v) is 5.09. The van der Waals surface area contributed by atoms with Gasteiger partial charge >= 0.3 is 0 Å². The molecule has 1 aromatic carbocycles. The average Bonchev–Trinajstić information content (AvgIpc) is 2.04. The smallest absolute Gasteiger partial charge is 0.242 e. The Morgan fingerprint density at radius 1 is 1.31 bits per heavy atom. The summed E-state index contributed by atoms with van der Waals surface area (Å²) in [6, 6.07) is 7.78. The van der Waals surface area contributed by atoms with E-state index in [2.05, 4.69) is 6.92 Å². The van der Waals surface area contributed by atoms with E-state index in [9.17, 15) is 8.42 Å². The maximum absolute atomic E-state index is 11.3. The zero-order chi connectivity index (χ0) is 9.90. The van der Waals surface area contributed by atoms with Gasteiger partial charge in [0, 0.05) is 0 Å². The van der Waals surface area contributed by atoms with E-state index in [1.165, 1.54) is 12.1 Å². The number of hydrogen-bond donors (Lipinski definition) is 2. The van der Waals surface area contributed by atoms with Crippen LogP contribution in [-0.2, 0) is 10.0 Å². The highest BCUT2D eigenvalue weighted by molar-refractivity contribution is 7.89. The summed E-state index contributed by atoms with van der Waals surface area (Å²) in [6.45, 7) is 3.11. The molecule has 1 unspecified atom stereocenters.